The van der Waals surface area contributed by atoms with Gasteiger partial charge in [0.05, 0.1) is 0 Å². The van der Waals surface area contributed by atoms with E-state index in [1.165, 1.54) is 11.6 Å². The Balaban J connectivity index is 2.11. The van der Waals surface area contributed by atoms with Crippen LogP contribution >= 0.6 is 15.9 Å². The quantitative estimate of drug-likeness (QED) is 0.857. The van der Waals surface area contributed by atoms with E-state index in [1.807, 2.05) is 19.1 Å². The molecule has 0 saturated carbocycles. The van der Waals surface area contributed by atoms with E-state index >= 15 is 0 Å². The minimum Gasteiger partial charge on any atom is -0.381 e. The fourth-order valence-electron chi connectivity index (χ4n) is 1.89. The Labute approximate surface area is 115 Å². The molecule has 2 rings (SSSR count). The van der Waals surface area contributed by atoms with Gasteiger partial charge in [-0.25, -0.2) is 4.39 Å². The van der Waals surface area contributed by atoms with Crippen LogP contribution in [0.15, 0.2) is 40.9 Å². The van der Waals surface area contributed by atoms with Gasteiger partial charge in [0.2, 0.25) is 0 Å². The summed E-state index contributed by atoms with van der Waals surface area (Å²) in [6, 6.07) is 11.1. The van der Waals surface area contributed by atoms with Crippen molar-refractivity contribution in [3.63, 3.8) is 0 Å². The molecule has 0 unspecified atom stereocenters. The molecule has 0 saturated heterocycles. The standard InChI is InChI=1S/C15H15BrFN/c1-10-5-13(16)8-15(6-10)18-9-12-3-4-14(17)7-11(12)2/h3-8,18H,9H2,1-2H3. The number of hydrogen-bond acceptors (Lipinski definition) is 1. The molecule has 0 heterocycles. The highest BCUT2D eigenvalue weighted by Gasteiger charge is 2.01. The maximum atomic E-state index is 13.0. The van der Waals surface area contributed by atoms with E-state index in [-0.39, 0.29) is 5.82 Å². The van der Waals surface area contributed by atoms with Crippen molar-refractivity contribution in [1.29, 1.82) is 0 Å². The molecule has 0 bridgehead atoms. The Hall–Kier alpha value is -1.35. The fraction of sp³-hybridized carbons (Fsp3) is 0.200. The van der Waals surface area contributed by atoms with Crippen LogP contribution in [0.25, 0.3) is 0 Å². The number of rotatable bonds is 3. The fourth-order valence-corrected chi connectivity index (χ4v) is 2.50. The molecule has 0 spiro atoms. The van der Waals surface area contributed by atoms with E-state index in [9.17, 15) is 4.39 Å². The van der Waals surface area contributed by atoms with Gasteiger partial charge < -0.3 is 5.32 Å². The summed E-state index contributed by atoms with van der Waals surface area (Å²) in [6.45, 7) is 4.67. The zero-order valence-electron chi connectivity index (χ0n) is 10.4. The molecule has 0 fully saturated rings. The largest absolute Gasteiger partial charge is 0.381 e. The summed E-state index contributed by atoms with van der Waals surface area (Å²) in [5.41, 5.74) is 4.33. The second-order valence-corrected chi connectivity index (χ2v) is 5.36. The van der Waals surface area contributed by atoms with Gasteiger partial charge >= 0.3 is 0 Å². The number of aryl methyl sites for hydroxylation is 2. The zero-order chi connectivity index (χ0) is 13.1. The summed E-state index contributed by atoms with van der Waals surface area (Å²) in [4.78, 5) is 0. The first-order valence-corrected chi connectivity index (χ1v) is 6.60. The third-order valence-corrected chi connectivity index (χ3v) is 3.29. The lowest BCUT2D eigenvalue weighted by atomic mass is 10.1. The second-order valence-electron chi connectivity index (χ2n) is 4.44. The predicted molar refractivity (Wildman–Crippen MR) is 77.3 cm³/mol. The molecule has 0 aliphatic heterocycles. The minimum atomic E-state index is -0.186. The number of nitrogens with one attached hydrogen (secondary N) is 1. The summed E-state index contributed by atoms with van der Waals surface area (Å²) >= 11 is 3.47. The molecule has 0 aliphatic rings. The summed E-state index contributed by atoms with van der Waals surface area (Å²) in [6.07, 6.45) is 0. The monoisotopic (exact) mass is 307 g/mol. The summed E-state index contributed by atoms with van der Waals surface area (Å²) in [5, 5.41) is 3.35. The highest BCUT2D eigenvalue weighted by atomic mass is 79.9. The molecular weight excluding hydrogens is 293 g/mol. The molecule has 0 atom stereocenters. The van der Waals surface area contributed by atoms with Crippen molar-refractivity contribution in [2.24, 2.45) is 0 Å². The minimum absolute atomic E-state index is 0.186. The maximum Gasteiger partial charge on any atom is 0.123 e. The van der Waals surface area contributed by atoms with Gasteiger partial charge in [-0.05, 0) is 60.9 Å². The van der Waals surface area contributed by atoms with Crippen molar-refractivity contribution >= 4 is 21.6 Å². The molecule has 18 heavy (non-hydrogen) atoms. The topological polar surface area (TPSA) is 12.0 Å². The SMILES string of the molecule is Cc1cc(Br)cc(NCc2ccc(F)cc2C)c1. The highest BCUT2D eigenvalue weighted by Crippen LogP contribution is 2.20. The molecule has 1 N–H and O–H groups in total. The van der Waals surface area contributed by atoms with Crippen LogP contribution in [0.4, 0.5) is 10.1 Å². The Bertz CT molecular complexity index is 546. The van der Waals surface area contributed by atoms with Gasteiger partial charge in [-0.3, -0.25) is 0 Å². The van der Waals surface area contributed by atoms with E-state index < -0.39 is 0 Å². The van der Waals surface area contributed by atoms with Gasteiger partial charge in [-0.2, -0.15) is 0 Å². The first-order valence-electron chi connectivity index (χ1n) is 5.81. The smallest absolute Gasteiger partial charge is 0.123 e. The number of benzene rings is 2. The maximum absolute atomic E-state index is 13.0. The van der Waals surface area contributed by atoms with Crippen molar-refractivity contribution in [1.82, 2.24) is 0 Å². The van der Waals surface area contributed by atoms with Gasteiger partial charge in [0.25, 0.3) is 0 Å². The van der Waals surface area contributed by atoms with Gasteiger partial charge in [0.1, 0.15) is 5.82 Å². The van der Waals surface area contributed by atoms with Crippen LogP contribution in [0, 0.1) is 19.7 Å². The van der Waals surface area contributed by atoms with Gasteiger partial charge in [-0.1, -0.05) is 22.0 Å². The van der Waals surface area contributed by atoms with E-state index in [0.717, 1.165) is 21.3 Å². The lowest BCUT2D eigenvalue weighted by molar-refractivity contribution is 0.625. The third-order valence-electron chi connectivity index (χ3n) is 2.83. The molecule has 2 aromatic carbocycles. The second kappa shape index (κ2) is 5.53. The lowest BCUT2D eigenvalue weighted by Gasteiger charge is -2.10. The van der Waals surface area contributed by atoms with Crippen LogP contribution in [0.3, 0.4) is 0 Å². The van der Waals surface area contributed by atoms with E-state index in [0.29, 0.717) is 6.54 Å². The van der Waals surface area contributed by atoms with Gasteiger partial charge in [-0.15, -0.1) is 0 Å². The Morgan fingerprint density at radius 1 is 1.11 bits per heavy atom. The van der Waals surface area contributed by atoms with Crippen LogP contribution in [0.5, 0.6) is 0 Å². The number of anilines is 1. The first-order chi connectivity index (χ1) is 8.54. The summed E-state index contributed by atoms with van der Waals surface area (Å²) in [7, 11) is 0. The highest BCUT2D eigenvalue weighted by molar-refractivity contribution is 9.10. The number of hydrogen-bond donors (Lipinski definition) is 1. The molecular formula is C15H15BrFN. The molecule has 0 amide bonds. The number of halogens is 2. The van der Waals surface area contributed by atoms with Gasteiger partial charge in [0.15, 0.2) is 0 Å². The van der Waals surface area contributed by atoms with Crippen LogP contribution in [-0.2, 0) is 6.54 Å². The van der Waals surface area contributed by atoms with Crippen molar-refractivity contribution in [3.05, 3.63) is 63.4 Å². The molecule has 1 nitrogen and oxygen atoms in total. The van der Waals surface area contributed by atoms with Crippen LogP contribution in [0.2, 0.25) is 0 Å². The van der Waals surface area contributed by atoms with Gasteiger partial charge in [0, 0.05) is 16.7 Å². The molecule has 2 aromatic rings. The molecule has 0 aliphatic carbocycles. The summed E-state index contributed by atoms with van der Waals surface area (Å²) < 4.78 is 14.0. The van der Waals surface area contributed by atoms with Crippen molar-refractivity contribution in [2.75, 3.05) is 5.32 Å². The van der Waals surface area contributed by atoms with E-state index in [2.05, 4.69) is 40.3 Å². The normalized spacial score (nSPS) is 10.4. The first kappa shape index (κ1) is 13.1. The molecule has 0 radical (unpaired) electrons. The predicted octanol–water partition coefficient (Wildman–Crippen LogP) is 4.82. The molecule has 94 valence electrons. The van der Waals surface area contributed by atoms with Crippen LogP contribution < -0.4 is 5.32 Å². The average molecular weight is 308 g/mol. The Morgan fingerprint density at radius 3 is 2.56 bits per heavy atom. The van der Waals surface area contributed by atoms with Crippen LogP contribution in [0.1, 0.15) is 16.7 Å². The van der Waals surface area contributed by atoms with Crippen molar-refractivity contribution in [2.45, 2.75) is 20.4 Å². The summed E-state index contributed by atoms with van der Waals surface area (Å²) in [5.74, 6) is -0.186. The molecule has 3 heteroatoms. The lowest BCUT2D eigenvalue weighted by Crippen LogP contribution is -2.01. The third kappa shape index (κ3) is 3.33. The zero-order valence-corrected chi connectivity index (χ0v) is 12.0. The van der Waals surface area contributed by atoms with E-state index in [1.54, 1.807) is 6.07 Å². The average Bonchev–Trinajstić information content (AvgIpc) is 2.26. The molecule has 0 aromatic heterocycles. The van der Waals surface area contributed by atoms with Crippen LogP contribution in [-0.4, -0.2) is 0 Å². The Kier molecular flexibility index (Phi) is 4.02. The van der Waals surface area contributed by atoms with E-state index in [4.69, 9.17) is 0 Å². The van der Waals surface area contributed by atoms with Crippen molar-refractivity contribution < 1.29 is 4.39 Å². The van der Waals surface area contributed by atoms with Crippen molar-refractivity contribution in [3.8, 4) is 0 Å². The Morgan fingerprint density at radius 2 is 1.89 bits per heavy atom.